The first kappa shape index (κ1) is 25.5. The van der Waals surface area contributed by atoms with Gasteiger partial charge in [0.15, 0.2) is 0 Å². The predicted octanol–water partition coefficient (Wildman–Crippen LogP) is 1.31. The van der Waals surface area contributed by atoms with E-state index < -0.39 is 10.0 Å². The second-order valence-electron chi connectivity index (χ2n) is 8.57. The van der Waals surface area contributed by atoms with Crippen LogP contribution in [0.5, 0.6) is 5.75 Å². The van der Waals surface area contributed by atoms with Crippen molar-refractivity contribution in [2.24, 2.45) is 0 Å². The molecule has 0 unspecified atom stereocenters. The highest BCUT2D eigenvalue weighted by Crippen LogP contribution is 2.31. The number of hydrogen-bond donors (Lipinski definition) is 1. The zero-order chi connectivity index (χ0) is 23.8. The number of hydrogen-bond acceptors (Lipinski definition) is 7. The molecule has 9 nitrogen and oxygen atoms in total. The van der Waals surface area contributed by atoms with E-state index in [-0.39, 0.29) is 10.8 Å². The minimum atomic E-state index is -3.63. The summed E-state index contributed by atoms with van der Waals surface area (Å²) in [5, 5.41) is 0. The van der Waals surface area contributed by atoms with E-state index in [2.05, 4.69) is 14.5 Å². The molecule has 0 atom stereocenters. The number of rotatable bonds is 9. The molecule has 1 N–H and O–H groups in total. The van der Waals surface area contributed by atoms with Crippen molar-refractivity contribution in [1.29, 1.82) is 0 Å². The summed E-state index contributed by atoms with van der Waals surface area (Å²) in [5.74, 6) is 0.629. The van der Waals surface area contributed by atoms with Gasteiger partial charge >= 0.3 is 0 Å². The van der Waals surface area contributed by atoms with Crippen molar-refractivity contribution >= 4 is 21.6 Å². The molecule has 0 saturated carbocycles. The second-order valence-corrected chi connectivity index (χ2v) is 10.3. The van der Waals surface area contributed by atoms with Crippen molar-refractivity contribution in [2.75, 3.05) is 77.6 Å². The number of benzene rings is 1. The van der Waals surface area contributed by atoms with Gasteiger partial charge in [0.2, 0.25) is 15.9 Å². The molecule has 184 valence electrons. The number of piperazine rings is 1. The van der Waals surface area contributed by atoms with E-state index in [4.69, 9.17) is 9.47 Å². The van der Waals surface area contributed by atoms with Crippen molar-refractivity contribution in [3.8, 4) is 5.75 Å². The standard InChI is InChI=1S/C23H36N4O5S/c1-19(2)17-23(28)27-11-9-26(10-12-27)21-18-20(5-6-22(21)31-3)33(29,30)24-7-4-8-25-13-15-32-16-14-25/h5-6,17-18,24H,4,7-16H2,1-3H3. The number of methoxy groups -OCH3 is 1. The first-order valence-electron chi connectivity index (χ1n) is 11.5. The van der Waals surface area contributed by atoms with Crippen LogP contribution < -0.4 is 14.4 Å². The maximum atomic E-state index is 12.9. The third-order valence-corrected chi connectivity index (χ3v) is 7.31. The van der Waals surface area contributed by atoms with Crippen LogP contribution >= 0.6 is 0 Å². The van der Waals surface area contributed by atoms with E-state index in [1.165, 1.54) is 0 Å². The van der Waals surface area contributed by atoms with E-state index in [1.54, 1.807) is 31.4 Å². The number of morpholine rings is 1. The van der Waals surface area contributed by atoms with Gasteiger partial charge in [-0.15, -0.1) is 0 Å². The third-order valence-electron chi connectivity index (χ3n) is 5.85. The van der Waals surface area contributed by atoms with Crippen molar-refractivity contribution in [3.05, 3.63) is 29.8 Å². The summed E-state index contributed by atoms with van der Waals surface area (Å²) in [7, 11) is -2.06. The first-order chi connectivity index (χ1) is 15.8. The van der Waals surface area contributed by atoms with E-state index in [1.807, 2.05) is 18.7 Å². The maximum absolute atomic E-state index is 12.9. The summed E-state index contributed by atoms with van der Waals surface area (Å²) < 4.78 is 39.4. The highest BCUT2D eigenvalue weighted by atomic mass is 32.2. The van der Waals surface area contributed by atoms with Crippen LogP contribution in [0.2, 0.25) is 0 Å². The van der Waals surface area contributed by atoms with Crippen LogP contribution in [0, 0.1) is 0 Å². The second kappa shape index (κ2) is 11.8. The number of sulfonamides is 1. The lowest BCUT2D eigenvalue weighted by molar-refractivity contribution is -0.126. The maximum Gasteiger partial charge on any atom is 0.246 e. The fraction of sp³-hybridized carbons (Fsp3) is 0.609. The van der Waals surface area contributed by atoms with Crippen molar-refractivity contribution in [2.45, 2.75) is 25.2 Å². The lowest BCUT2D eigenvalue weighted by Gasteiger charge is -2.36. The van der Waals surface area contributed by atoms with E-state index in [0.29, 0.717) is 38.5 Å². The van der Waals surface area contributed by atoms with E-state index >= 15 is 0 Å². The number of allylic oxidation sites excluding steroid dienone is 1. The molecule has 0 spiro atoms. The Labute approximate surface area is 197 Å². The summed E-state index contributed by atoms with van der Waals surface area (Å²) in [6.07, 6.45) is 2.39. The Hall–Kier alpha value is -2.14. The summed E-state index contributed by atoms with van der Waals surface area (Å²) in [6, 6.07) is 4.93. The molecule has 3 rings (SSSR count). The van der Waals surface area contributed by atoms with Gasteiger partial charge in [-0.25, -0.2) is 13.1 Å². The fourth-order valence-electron chi connectivity index (χ4n) is 4.01. The zero-order valence-corrected chi connectivity index (χ0v) is 20.7. The smallest absolute Gasteiger partial charge is 0.246 e. The van der Waals surface area contributed by atoms with Gasteiger partial charge in [-0.1, -0.05) is 5.57 Å². The molecule has 1 aromatic rings. The van der Waals surface area contributed by atoms with Gasteiger partial charge in [-0.05, 0) is 45.0 Å². The number of nitrogens with one attached hydrogen (secondary N) is 1. The Bertz CT molecular complexity index is 932. The predicted molar refractivity (Wildman–Crippen MR) is 128 cm³/mol. The quantitative estimate of drug-likeness (QED) is 0.421. The van der Waals surface area contributed by atoms with Crippen LogP contribution in [0.4, 0.5) is 5.69 Å². The Morgan fingerprint density at radius 1 is 1.12 bits per heavy atom. The van der Waals surface area contributed by atoms with Crippen LogP contribution in [0.3, 0.4) is 0 Å². The summed E-state index contributed by atoms with van der Waals surface area (Å²) >= 11 is 0. The Morgan fingerprint density at radius 2 is 1.82 bits per heavy atom. The molecule has 2 heterocycles. The molecule has 2 aliphatic heterocycles. The van der Waals surface area contributed by atoms with Gasteiger partial charge in [0.1, 0.15) is 5.75 Å². The molecule has 0 bridgehead atoms. The van der Waals surface area contributed by atoms with Crippen molar-refractivity contribution < 1.29 is 22.7 Å². The molecular formula is C23H36N4O5S. The fourth-order valence-corrected chi connectivity index (χ4v) is 5.10. The number of nitrogens with zero attached hydrogens (tertiary/aromatic N) is 3. The van der Waals surface area contributed by atoms with Gasteiger partial charge in [-0.3, -0.25) is 9.69 Å². The Balaban J connectivity index is 1.61. The first-order valence-corrected chi connectivity index (χ1v) is 12.9. The van der Waals surface area contributed by atoms with Gasteiger partial charge < -0.3 is 19.3 Å². The molecule has 0 aromatic heterocycles. The summed E-state index contributed by atoms with van der Waals surface area (Å²) in [5.41, 5.74) is 1.70. The molecule has 1 aromatic carbocycles. The molecule has 33 heavy (non-hydrogen) atoms. The summed E-state index contributed by atoms with van der Waals surface area (Å²) in [4.78, 5) is 18.7. The van der Waals surface area contributed by atoms with Gasteiger partial charge in [0.05, 0.1) is 30.9 Å². The van der Waals surface area contributed by atoms with Crippen LogP contribution in [0.15, 0.2) is 34.7 Å². The largest absolute Gasteiger partial charge is 0.495 e. The highest BCUT2D eigenvalue weighted by Gasteiger charge is 2.24. The Morgan fingerprint density at radius 3 is 2.45 bits per heavy atom. The average Bonchev–Trinajstić information content (AvgIpc) is 2.82. The third kappa shape index (κ3) is 7.17. The lowest BCUT2D eigenvalue weighted by Crippen LogP contribution is -2.48. The van der Waals surface area contributed by atoms with Gasteiger partial charge in [-0.2, -0.15) is 0 Å². The normalized spacial score (nSPS) is 17.7. The van der Waals surface area contributed by atoms with Crippen LogP contribution in [0.25, 0.3) is 0 Å². The van der Waals surface area contributed by atoms with E-state index in [0.717, 1.165) is 50.5 Å². The molecular weight excluding hydrogens is 444 g/mol. The minimum absolute atomic E-state index is 0.0132. The van der Waals surface area contributed by atoms with Crippen LogP contribution in [-0.4, -0.2) is 96.8 Å². The molecule has 1 amide bonds. The zero-order valence-electron chi connectivity index (χ0n) is 19.9. The Kier molecular flexibility index (Phi) is 9.13. The number of ether oxygens (including phenoxy) is 2. The molecule has 10 heteroatoms. The average molecular weight is 481 g/mol. The molecule has 2 saturated heterocycles. The number of anilines is 1. The van der Waals surface area contributed by atoms with Crippen molar-refractivity contribution in [1.82, 2.24) is 14.5 Å². The topological polar surface area (TPSA) is 91.4 Å². The van der Waals surface area contributed by atoms with Crippen LogP contribution in [-0.2, 0) is 19.6 Å². The molecule has 0 radical (unpaired) electrons. The van der Waals surface area contributed by atoms with E-state index in [9.17, 15) is 13.2 Å². The molecule has 0 aliphatic carbocycles. The molecule has 2 fully saturated rings. The van der Waals surface area contributed by atoms with Crippen molar-refractivity contribution in [3.63, 3.8) is 0 Å². The summed E-state index contributed by atoms with van der Waals surface area (Å²) in [6.45, 7) is 10.6. The minimum Gasteiger partial charge on any atom is -0.495 e. The van der Waals surface area contributed by atoms with Crippen LogP contribution in [0.1, 0.15) is 20.3 Å². The SMILES string of the molecule is COc1ccc(S(=O)(=O)NCCCN2CCOCC2)cc1N1CCN(C(=O)C=C(C)C)CC1. The lowest BCUT2D eigenvalue weighted by atomic mass is 10.2. The number of carbonyl (C=O) groups is 1. The van der Waals surface area contributed by atoms with Gasteiger partial charge in [0, 0.05) is 51.9 Å². The monoisotopic (exact) mass is 480 g/mol. The highest BCUT2D eigenvalue weighted by molar-refractivity contribution is 7.89. The number of carbonyl (C=O) groups excluding carboxylic acids is 1. The molecule has 2 aliphatic rings. The van der Waals surface area contributed by atoms with Gasteiger partial charge in [0.25, 0.3) is 0 Å². The number of amides is 1.